The van der Waals surface area contributed by atoms with Crippen molar-refractivity contribution in [2.24, 2.45) is 5.73 Å². The minimum absolute atomic E-state index is 0.174. The highest BCUT2D eigenvalue weighted by molar-refractivity contribution is 5.96. The van der Waals surface area contributed by atoms with Gasteiger partial charge in [0.05, 0.1) is 21.3 Å². The van der Waals surface area contributed by atoms with E-state index >= 15 is 0 Å². The van der Waals surface area contributed by atoms with E-state index in [1.165, 1.54) is 14.2 Å². The number of methoxy groups -OCH3 is 3. The van der Waals surface area contributed by atoms with E-state index in [0.717, 1.165) is 0 Å². The van der Waals surface area contributed by atoms with Gasteiger partial charge in [-0.25, -0.2) is 0 Å². The molecule has 0 fully saturated rings. The molecule has 0 spiro atoms. The van der Waals surface area contributed by atoms with Crippen molar-refractivity contribution in [2.75, 3.05) is 21.3 Å². The van der Waals surface area contributed by atoms with Gasteiger partial charge in [-0.2, -0.15) is 0 Å². The summed E-state index contributed by atoms with van der Waals surface area (Å²) in [4.78, 5) is 0. The first kappa shape index (κ1) is 11.2. The highest BCUT2D eigenvalue weighted by Gasteiger charge is 2.19. The van der Waals surface area contributed by atoms with Crippen LogP contribution in [0.4, 0.5) is 0 Å². The quantitative estimate of drug-likeness (QED) is 0.503. The third-order valence-electron chi connectivity index (χ3n) is 2.02. The van der Waals surface area contributed by atoms with Crippen LogP contribution in [0.1, 0.15) is 5.56 Å². The number of benzene rings is 1. The van der Waals surface area contributed by atoms with Crippen molar-refractivity contribution in [2.45, 2.75) is 0 Å². The van der Waals surface area contributed by atoms with Crippen LogP contribution in [0.25, 0.3) is 0 Å². The summed E-state index contributed by atoms with van der Waals surface area (Å²) >= 11 is 0. The summed E-state index contributed by atoms with van der Waals surface area (Å²) in [7, 11) is 4.59. The van der Waals surface area contributed by atoms with Gasteiger partial charge < -0.3 is 14.2 Å². The lowest BCUT2D eigenvalue weighted by Gasteiger charge is -2.13. The molecular weight excluding hydrogens is 196 g/mol. The van der Waals surface area contributed by atoms with Gasteiger partial charge in [0.2, 0.25) is 5.75 Å². The molecule has 0 amide bonds. The molecule has 0 heterocycles. The maximum atomic E-state index is 5.52. The molecule has 0 aromatic heterocycles. The zero-order valence-electron chi connectivity index (χ0n) is 9.03. The third kappa shape index (κ3) is 1.96. The van der Waals surface area contributed by atoms with E-state index in [1.807, 2.05) is 0 Å². The SMILES string of the molecule is COc1ccc(C(N)=[NH2+])c(OC)c1OC. The number of ether oxygens (including phenoxy) is 3. The van der Waals surface area contributed by atoms with E-state index in [4.69, 9.17) is 25.4 Å². The van der Waals surface area contributed by atoms with Gasteiger partial charge in [0, 0.05) is 0 Å². The molecule has 0 saturated carbocycles. The molecule has 1 aromatic carbocycles. The van der Waals surface area contributed by atoms with Crippen molar-refractivity contribution in [3.05, 3.63) is 17.7 Å². The Morgan fingerprint density at radius 2 is 1.67 bits per heavy atom. The zero-order valence-corrected chi connectivity index (χ0v) is 9.03. The van der Waals surface area contributed by atoms with E-state index < -0.39 is 0 Å². The van der Waals surface area contributed by atoms with Gasteiger partial charge in [-0.1, -0.05) is 0 Å². The topological polar surface area (TPSA) is 79.3 Å². The van der Waals surface area contributed by atoms with Crippen molar-refractivity contribution in [1.29, 1.82) is 0 Å². The van der Waals surface area contributed by atoms with Crippen LogP contribution in [0.2, 0.25) is 0 Å². The Bertz CT molecular complexity index is 377. The lowest BCUT2D eigenvalue weighted by Crippen LogP contribution is -2.46. The van der Waals surface area contributed by atoms with E-state index in [9.17, 15) is 0 Å². The van der Waals surface area contributed by atoms with E-state index in [0.29, 0.717) is 22.8 Å². The second-order valence-electron chi connectivity index (χ2n) is 2.84. The highest BCUT2D eigenvalue weighted by Crippen LogP contribution is 2.39. The summed E-state index contributed by atoms with van der Waals surface area (Å²) in [5, 5.41) is 5.52. The first-order chi connectivity index (χ1) is 7.15. The molecule has 0 aliphatic heterocycles. The predicted molar refractivity (Wildman–Crippen MR) is 56.3 cm³/mol. The van der Waals surface area contributed by atoms with Crippen molar-refractivity contribution in [3.8, 4) is 17.2 Å². The second kappa shape index (κ2) is 4.54. The van der Waals surface area contributed by atoms with Crippen LogP contribution < -0.4 is 25.4 Å². The maximum absolute atomic E-state index is 5.52. The second-order valence-corrected chi connectivity index (χ2v) is 2.84. The van der Waals surface area contributed by atoms with Crippen molar-refractivity contribution < 1.29 is 19.6 Å². The molecule has 1 aromatic rings. The number of nitrogens with two attached hydrogens (primary N) is 2. The molecule has 0 radical (unpaired) electrons. The maximum Gasteiger partial charge on any atom is 0.274 e. The Balaban J connectivity index is 3.40. The molecule has 0 saturated heterocycles. The first-order valence-corrected chi connectivity index (χ1v) is 4.33. The molecule has 1 rings (SSSR count). The van der Waals surface area contributed by atoms with Gasteiger partial charge in [0.15, 0.2) is 11.5 Å². The molecule has 0 atom stereocenters. The normalized spacial score (nSPS) is 9.53. The first-order valence-electron chi connectivity index (χ1n) is 4.33. The minimum Gasteiger partial charge on any atom is -0.493 e. The summed E-state index contributed by atoms with van der Waals surface area (Å²) in [6.07, 6.45) is 0. The Hall–Kier alpha value is -1.91. The average molecular weight is 211 g/mol. The molecule has 0 unspecified atom stereocenters. The molecule has 0 aliphatic rings. The lowest BCUT2D eigenvalue weighted by atomic mass is 10.1. The predicted octanol–water partition coefficient (Wildman–Crippen LogP) is -0.823. The molecule has 15 heavy (non-hydrogen) atoms. The van der Waals surface area contributed by atoms with Gasteiger partial charge in [0.1, 0.15) is 5.56 Å². The Labute approximate surface area is 88.3 Å². The van der Waals surface area contributed by atoms with Gasteiger partial charge >= 0.3 is 0 Å². The Morgan fingerprint density at radius 3 is 2.07 bits per heavy atom. The molecular formula is C10H15N2O3+. The highest BCUT2D eigenvalue weighted by atomic mass is 16.5. The molecule has 82 valence electrons. The van der Waals surface area contributed by atoms with Crippen LogP contribution in [-0.2, 0) is 0 Å². The largest absolute Gasteiger partial charge is 0.493 e. The summed E-state index contributed by atoms with van der Waals surface area (Å²) in [6.45, 7) is 0. The van der Waals surface area contributed by atoms with Crippen LogP contribution in [-0.4, -0.2) is 27.2 Å². The van der Waals surface area contributed by atoms with Crippen LogP contribution >= 0.6 is 0 Å². The summed E-state index contributed by atoms with van der Waals surface area (Å²) < 4.78 is 15.5. The van der Waals surface area contributed by atoms with E-state index in [1.54, 1.807) is 19.2 Å². The number of hydrogen-bond donors (Lipinski definition) is 2. The lowest BCUT2D eigenvalue weighted by molar-refractivity contribution is -0.114. The van der Waals surface area contributed by atoms with Gasteiger partial charge in [-0.05, 0) is 12.1 Å². The molecule has 4 N–H and O–H groups in total. The van der Waals surface area contributed by atoms with Crippen molar-refractivity contribution in [3.63, 3.8) is 0 Å². The summed E-state index contributed by atoms with van der Waals surface area (Å²) in [6, 6.07) is 3.44. The van der Waals surface area contributed by atoms with Crippen LogP contribution in [0, 0.1) is 0 Å². The molecule has 0 bridgehead atoms. The standard InChI is InChI=1S/C10H14N2O3/c1-13-7-5-4-6(10(11)12)8(14-2)9(7)15-3/h4-5H,1-3H3,(H3,11,12)/p+1. The van der Waals surface area contributed by atoms with E-state index in [-0.39, 0.29) is 5.84 Å². The zero-order chi connectivity index (χ0) is 11.4. The fourth-order valence-corrected chi connectivity index (χ4v) is 1.33. The van der Waals surface area contributed by atoms with Gasteiger partial charge in [0.25, 0.3) is 5.84 Å². The summed E-state index contributed by atoms with van der Waals surface area (Å²) in [5.41, 5.74) is 6.12. The number of amidine groups is 1. The van der Waals surface area contributed by atoms with Gasteiger partial charge in [-0.15, -0.1) is 0 Å². The van der Waals surface area contributed by atoms with Crippen LogP contribution in [0.5, 0.6) is 17.2 Å². The molecule has 5 heteroatoms. The fourth-order valence-electron chi connectivity index (χ4n) is 1.33. The Morgan fingerprint density at radius 1 is 1.07 bits per heavy atom. The number of rotatable bonds is 4. The van der Waals surface area contributed by atoms with Crippen molar-refractivity contribution >= 4 is 5.84 Å². The smallest absolute Gasteiger partial charge is 0.274 e. The average Bonchev–Trinajstić information content (AvgIpc) is 2.26. The van der Waals surface area contributed by atoms with Crippen molar-refractivity contribution in [1.82, 2.24) is 0 Å². The monoisotopic (exact) mass is 211 g/mol. The van der Waals surface area contributed by atoms with Crippen LogP contribution in [0.15, 0.2) is 12.1 Å². The summed E-state index contributed by atoms with van der Waals surface area (Å²) in [5.74, 6) is 1.69. The molecule has 0 aliphatic carbocycles. The van der Waals surface area contributed by atoms with E-state index in [2.05, 4.69) is 0 Å². The van der Waals surface area contributed by atoms with Gasteiger partial charge in [-0.3, -0.25) is 11.1 Å². The minimum atomic E-state index is 0.174. The van der Waals surface area contributed by atoms with Crippen LogP contribution in [0.3, 0.4) is 0 Å². The fraction of sp³-hybridized carbons (Fsp3) is 0.300. The number of hydrogen-bond acceptors (Lipinski definition) is 3. The molecule has 5 nitrogen and oxygen atoms in total. The third-order valence-corrected chi connectivity index (χ3v) is 2.02. The Kier molecular flexibility index (Phi) is 3.38.